The van der Waals surface area contributed by atoms with Crippen LogP contribution < -0.4 is 10.6 Å². The van der Waals surface area contributed by atoms with Crippen molar-refractivity contribution in [2.24, 2.45) is 0 Å². The summed E-state index contributed by atoms with van der Waals surface area (Å²) >= 11 is 0. The normalized spacial score (nSPS) is 12.2. The molecule has 1 atom stereocenters. The third kappa shape index (κ3) is 10.2. The Balaban J connectivity index is 2.18. The lowest BCUT2D eigenvalue weighted by Gasteiger charge is -2.23. The van der Waals surface area contributed by atoms with Crippen molar-refractivity contribution in [2.45, 2.75) is 71.8 Å². The minimum atomic E-state index is -1.32. The molecule has 36 heavy (non-hydrogen) atoms. The van der Waals surface area contributed by atoms with Crippen molar-refractivity contribution in [1.29, 1.82) is 0 Å². The molecule has 0 saturated carbocycles. The standard InChI is InChI=1S/C27H34N2O7/c1-26(2,3)35-22(30)16-21(29-25(33)34-17-18-12-8-7-9-13-18)23(31)28-20-15-11-10-14-19(20)24(32)36-27(4,5)6/h7-15,21H,16-17H2,1-6H3,(H,28,31)(H,29,33)/t21-/m0/s1. The second-order valence-corrected chi connectivity index (χ2v) is 10.1. The number of alkyl carbamates (subject to hydrolysis) is 1. The smallest absolute Gasteiger partial charge is 0.408 e. The highest BCUT2D eigenvalue weighted by atomic mass is 16.6. The molecule has 0 unspecified atom stereocenters. The fourth-order valence-electron chi connectivity index (χ4n) is 2.99. The number of carbonyl (C=O) groups excluding carboxylic acids is 4. The number of benzene rings is 2. The zero-order valence-corrected chi connectivity index (χ0v) is 21.5. The quantitative estimate of drug-likeness (QED) is 0.403. The van der Waals surface area contributed by atoms with Gasteiger partial charge in [-0.15, -0.1) is 0 Å². The van der Waals surface area contributed by atoms with Crippen LogP contribution in [-0.2, 0) is 30.4 Å². The van der Waals surface area contributed by atoms with Crippen LogP contribution in [0.5, 0.6) is 0 Å². The van der Waals surface area contributed by atoms with E-state index < -0.39 is 47.6 Å². The van der Waals surface area contributed by atoms with Crippen molar-refractivity contribution >= 4 is 29.6 Å². The number of para-hydroxylation sites is 1. The number of nitrogens with one attached hydrogen (secondary N) is 2. The predicted octanol–water partition coefficient (Wildman–Crippen LogP) is 4.61. The third-order valence-corrected chi connectivity index (χ3v) is 4.42. The Morgan fingerprint density at radius 2 is 1.39 bits per heavy atom. The molecule has 2 rings (SSSR count). The maximum Gasteiger partial charge on any atom is 0.408 e. The molecular formula is C27H34N2O7. The average molecular weight is 499 g/mol. The molecule has 0 aliphatic heterocycles. The minimum Gasteiger partial charge on any atom is -0.460 e. The van der Waals surface area contributed by atoms with Gasteiger partial charge >= 0.3 is 18.0 Å². The number of anilines is 1. The van der Waals surface area contributed by atoms with E-state index >= 15 is 0 Å². The molecule has 2 amide bonds. The molecule has 9 nitrogen and oxygen atoms in total. The first-order chi connectivity index (χ1) is 16.7. The maximum absolute atomic E-state index is 13.1. The number of rotatable bonds is 8. The van der Waals surface area contributed by atoms with E-state index in [1.807, 2.05) is 6.07 Å². The van der Waals surface area contributed by atoms with E-state index in [9.17, 15) is 19.2 Å². The van der Waals surface area contributed by atoms with E-state index in [0.29, 0.717) is 0 Å². The molecule has 2 aromatic rings. The highest BCUT2D eigenvalue weighted by Gasteiger charge is 2.29. The molecule has 0 aliphatic carbocycles. The van der Waals surface area contributed by atoms with Gasteiger partial charge in [-0.2, -0.15) is 0 Å². The van der Waals surface area contributed by atoms with Gasteiger partial charge in [0.1, 0.15) is 23.9 Å². The molecule has 2 aromatic carbocycles. The van der Waals surface area contributed by atoms with Crippen LogP contribution in [0.2, 0.25) is 0 Å². The summed E-state index contributed by atoms with van der Waals surface area (Å²) in [5, 5.41) is 5.03. The Bertz CT molecular complexity index is 1070. The second-order valence-electron chi connectivity index (χ2n) is 10.1. The summed E-state index contributed by atoms with van der Waals surface area (Å²) in [5.74, 6) is -2.04. The fraction of sp³-hybridized carbons (Fsp3) is 0.407. The van der Waals surface area contributed by atoms with E-state index in [4.69, 9.17) is 14.2 Å². The molecule has 9 heteroatoms. The maximum atomic E-state index is 13.1. The summed E-state index contributed by atoms with van der Waals surface area (Å²) in [6.07, 6.45) is -1.33. The van der Waals surface area contributed by atoms with Gasteiger partial charge in [-0.05, 0) is 59.2 Å². The number of ether oxygens (including phenoxy) is 3. The number of carbonyl (C=O) groups is 4. The number of esters is 2. The van der Waals surface area contributed by atoms with Crippen LogP contribution in [0, 0.1) is 0 Å². The van der Waals surface area contributed by atoms with Crippen LogP contribution in [0.25, 0.3) is 0 Å². The van der Waals surface area contributed by atoms with Crippen LogP contribution >= 0.6 is 0 Å². The van der Waals surface area contributed by atoms with Gasteiger partial charge in [0.2, 0.25) is 5.91 Å². The topological polar surface area (TPSA) is 120 Å². The molecular weight excluding hydrogens is 464 g/mol. The molecule has 0 spiro atoms. The van der Waals surface area contributed by atoms with Crippen molar-refractivity contribution in [2.75, 3.05) is 5.32 Å². The Morgan fingerprint density at radius 1 is 0.806 bits per heavy atom. The van der Waals surface area contributed by atoms with Gasteiger partial charge in [-0.3, -0.25) is 9.59 Å². The summed E-state index contributed by atoms with van der Waals surface area (Å²) in [6, 6.07) is 14.0. The van der Waals surface area contributed by atoms with E-state index in [1.165, 1.54) is 12.1 Å². The van der Waals surface area contributed by atoms with Gasteiger partial charge in [-0.25, -0.2) is 9.59 Å². The van der Waals surface area contributed by atoms with Gasteiger partial charge in [0.25, 0.3) is 0 Å². The van der Waals surface area contributed by atoms with Crippen LogP contribution in [-0.4, -0.2) is 41.2 Å². The molecule has 2 N–H and O–H groups in total. The monoisotopic (exact) mass is 498 g/mol. The first-order valence-corrected chi connectivity index (χ1v) is 11.6. The van der Waals surface area contributed by atoms with E-state index in [1.54, 1.807) is 77.9 Å². The molecule has 194 valence electrons. The van der Waals surface area contributed by atoms with Crippen LogP contribution in [0.15, 0.2) is 54.6 Å². The van der Waals surface area contributed by atoms with Gasteiger partial charge in [0.05, 0.1) is 17.7 Å². The zero-order valence-electron chi connectivity index (χ0n) is 21.5. The molecule has 0 fully saturated rings. The Labute approximate surface area is 211 Å². The minimum absolute atomic E-state index is 0.0189. The van der Waals surface area contributed by atoms with Gasteiger partial charge in [0, 0.05) is 0 Å². The predicted molar refractivity (Wildman–Crippen MR) is 134 cm³/mol. The molecule has 0 saturated heterocycles. The van der Waals surface area contributed by atoms with Crippen molar-refractivity contribution < 1.29 is 33.4 Å². The van der Waals surface area contributed by atoms with Crippen LogP contribution in [0.3, 0.4) is 0 Å². The van der Waals surface area contributed by atoms with Crippen molar-refractivity contribution in [3.8, 4) is 0 Å². The molecule has 0 radical (unpaired) electrons. The van der Waals surface area contributed by atoms with Crippen LogP contribution in [0.1, 0.15) is 63.9 Å². The summed E-state index contributed by atoms with van der Waals surface area (Å²) < 4.78 is 15.9. The lowest BCUT2D eigenvalue weighted by Crippen LogP contribution is -2.46. The van der Waals surface area contributed by atoms with Gasteiger partial charge in [-0.1, -0.05) is 42.5 Å². The lowest BCUT2D eigenvalue weighted by molar-refractivity contribution is -0.156. The molecule has 0 aromatic heterocycles. The van der Waals surface area contributed by atoms with Crippen molar-refractivity contribution in [1.82, 2.24) is 5.32 Å². The lowest BCUT2D eigenvalue weighted by atomic mass is 10.1. The van der Waals surface area contributed by atoms with Gasteiger partial charge < -0.3 is 24.8 Å². The Hall–Kier alpha value is -3.88. The fourth-order valence-corrected chi connectivity index (χ4v) is 2.99. The summed E-state index contributed by atoms with van der Waals surface area (Å²) in [5.41, 5.74) is -0.465. The van der Waals surface area contributed by atoms with Crippen LogP contribution in [0.4, 0.5) is 10.5 Å². The van der Waals surface area contributed by atoms with Gasteiger partial charge in [0.15, 0.2) is 0 Å². The molecule has 0 heterocycles. The number of amides is 2. The summed E-state index contributed by atoms with van der Waals surface area (Å²) in [7, 11) is 0. The molecule has 0 aliphatic rings. The number of hydrogen-bond acceptors (Lipinski definition) is 7. The van der Waals surface area contributed by atoms with E-state index in [0.717, 1.165) is 5.56 Å². The van der Waals surface area contributed by atoms with Crippen molar-refractivity contribution in [3.63, 3.8) is 0 Å². The first kappa shape index (κ1) is 28.4. The summed E-state index contributed by atoms with van der Waals surface area (Å²) in [4.78, 5) is 50.7. The average Bonchev–Trinajstić information content (AvgIpc) is 2.76. The SMILES string of the molecule is CC(C)(C)OC(=O)C[C@H](NC(=O)OCc1ccccc1)C(=O)Nc1ccccc1C(=O)OC(C)(C)C. The van der Waals surface area contributed by atoms with Crippen molar-refractivity contribution in [3.05, 3.63) is 65.7 Å². The highest BCUT2D eigenvalue weighted by Crippen LogP contribution is 2.20. The third-order valence-electron chi connectivity index (χ3n) is 4.42. The number of hydrogen-bond donors (Lipinski definition) is 2. The second kappa shape index (κ2) is 12.2. The first-order valence-electron chi connectivity index (χ1n) is 11.6. The van der Waals surface area contributed by atoms with E-state index in [2.05, 4.69) is 10.6 Å². The Morgan fingerprint density at radius 3 is 2.00 bits per heavy atom. The Kier molecular flexibility index (Phi) is 9.60. The van der Waals surface area contributed by atoms with E-state index in [-0.39, 0.29) is 17.9 Å². The largest absolute Gasteiger partial charge is 0.460 e. The zero-order chi connectivity index (χ0) is 26.9. The highest BCUT2D eigenvalue weighted by molar-refractivity contribution is 6.04. The summed E-state index contributed by atoms with van der Waals surface area (Å²) in [6.45, 7) is 10.3. The molecule has 0 bridgehead atoms.